The third kappa shape index (κ3) is 12.0. The molecule has 0 spiro atoms. The van der Waals surface area contributed by atoms with Gasteiger partial charge in [0, 0.05) is 12.8 Å². The van der Waals surface area contributed by atoms with Crippen LogP contribution in [0.1, 0.15) is 27.7 Å². The van der Waals surface area contributed by atoms with E-state index in [9.17, 15) is 9.59 Å². The fraction of sp³-hybridized carbons (Fsp3) is 0.812. The molecule has 0 aliphatic rings. The standard InChI is InChI=1S/C16H30N2O6/c1-12(2)17-13(3)15(19)18-14(4)16(20)24-11-10-23-9-8-22-7-6-21-5/h13-14H,6-11H2,1-5H3,(H,18,19). The van der Waals surface area contributed by atoms with E-state index < -0.39 is 18.1 Å². The number of rotatable bonds is 13. The molecule has 0 fully saturated rings. The van der Waals surface area contributed by atoms with Crippen LogP contribution in [0.15, 0.2) is 4.99 Å². The zero-order chi connectivity index (χ0) is 18.4. The first-order valence-electron chi connectivity index (χ1n) is 8.01. The van der Waals surface area contributed by atoms with Gasteiger partial charge in [-0.2, -0.15) is 0 Å². The van der Waals surface area contributed by atoms with Gasteiger partial charge in [-0.15, -0.1) is 0 Å². The Morgan fingerprint density at radius 3 is 2.04 bits per heavy atom. The van der Waals surface area contributed by atoms with Crippen LogP contribution in [0, 0.1) is 0 Å². The molecule has 8 heteroatoms. The van der Waals surface area contributed by atoms with E-state index in [-0.39, 0.29) is 19.1 Å². The summed E-state index contributed by atoms with van der Waals surface area (Å²) in [5.41, 5.74) is 0.802. The fourth-order valence-corrected chi connectivity index (χ4v) is 1.63. The van der Waals surface area contributed by atoms with Gasteiger partial charge in [0.05, 0.1) is 33.0 Å². The highest BCUT2D eigenvalue weighted by Crippen LogP contribution is 1.95. The number of carbonyl (C=O) groups excluding carboxylic acids is 2. The monoisotopic (exact) mass is 346 g/mol. The summed E-state index contributed by atoms with van der Waals surface area (Å²) in [6, 6.07) is -1.27. The number of hydrogen-bond donors (Lipinski definition) is 1. The number of methoxy groups -OCH3 is 1. The smallest absolute Gasteiger partial charge is 0.328 e. The summed E-state index contributed by atoms with van der Waals surface area (Å²) in [4.78, 5) is 27.7. The van der Waals surface area contributed by atoms with Crippen molar-refractivity contribution in [2.75, 3.05) is 46.8 Å². The quantitative estimate of drug-likeness (QED) is 0.298. The Bertz CT molecular complexity index is 396. The van der Waals surface area contributed by atoms with Crippen molar-refractivity contribution in [3.63, 3.8) is 0 Å². The molecule has 2 atom stereocenters. The zero-order valence-corrected chi connectivity index (χ0v) is 15.3. The lowest BCUT2D eigenvalue weighted by Gasteiger charge is -2.15. The topological polar surface area (TPSA) is 95.5 Å². The lowest BCUT2D eigenvalue weighted by molar-refractivity contribution is -0.149. The van der Waals surface area contributed by atoms with Gasteiger partial charge in [0.15, 0.2) is 0 Å². The second kappa shape index (κ2) is 13.9. The molecule has 2 unspecified atom stereocenters. The summed E-state index contributed by atoms with van der Waals surface area (Å²) in [5, 5.41) is 2.57. The van der Waals surface area contributed by atoms with E-state index in [1.54, 1.807) is 21.0 Å². The molecular weight excluding hydrogens is 316 g/mol. The minimum atomic E-state index is -0.732. The van der Waals surface area contributed by atoms with Crippen molar-refractivity contribution in [3.8, 4) is 0 Å². The zero-order valence-electron chi connectivity index (χ0n) is 15.3. The Labute approximate surface area is 143 Å². The van der Waals surface area contributed by atoms with Gasteiger partial charge in [-0.3, -0.25) is 9.79 Å². The lowest BCUT2D eigenvalue weighted by Crippen LogP contribution is -2.43. The first kappa shape index (κ1) is 22.5. The predicted octanol–water partition coefficient (Wildman–Crippen LogP) is 0.583. The van der Waals surface area contributed by atoms with Gasteiger partial charge >= 0.3 is 5.97 Å². The summed E-state index contributed by atoms with van der Waals surface area (Å²) < 4.78 is 20.3. The molecule has 0 heterocycles. The highest BCUT2D eigenvalue weighted by atomic mass is 16.6. The second-order valence-corrected chi connectivity index (χ2v) is 5.37. The Hall–Kier alpha value is -1.51. The molecule has 0 radical (unpaired) electrons. The molecule has 0 aromatic heterocycles. The Balaban J connectivity index is 3.76. The predicted molar refractivity (Wildman–Crippen MR) is 90.3 cm³/mol. The Morgan fingerprint density at radius 1 is 0.958 bits per heavy atom. The number of aliphatic imine (C=N–C) groups is 1. The summed E-state index contributed by atoms with van der Waals surface area (Å²) in [5.74, 6) is -0.821. The van der Waals surface area contributed by atoms with Crippen LogP contribution in [0.4, 0.5) is 0 Å². The van der Waals surface area contributed by atoms with Crippen LogP contribution in [-0.4, -0.2) is 76.4 Å². The van der Waals surface area contributed by atoms with E-state index in [2.05, 4.69) is 10.3 Å². The fourth-order valence-electron chi connectivity index (χ4n) is 1.63. The molecule has 0 saturated heterocycles. The number of nitrogens with zero attached hydrogens (tertiary/aromatic N) is 1. The van der Waals surface area contributed by atoms with Crippen molar-refractivity contribution in [2.24, 2.45) is 4.99 Å². The van der Waals surface area contributed by atoms with Crippen LogP contribution >= 0.6 is 0 Å². The Morgan fingerprint density at radius 2 is 1.50 bits per heavy atom. The number of esters is 1. The Kier molecular flexibility index (Phi) is 13.0. The van der Waals surface area contributed by atoms with Crippen molar-refractivity contribution in [3.05, 3.63) is 0 Å². The van der Waals surface area contributed by atoms with Crippen molar-refractivity contribution < 1.29 is 28.5 Å². The number of carbonyl (C=O) groups is 2. The van der Waals surface area contributed by atoms with Crippen LogP contribution in [0.2, 0.25) is 0 Å². The second-order valence-electron chi connectivity index (χ2n) is 5.37. The van der Waals surface area contributed by atoms with Gasteiger partial charge < -0.3 is 24.3 Å². The first-order chi connectivity index (χ1) is 11.4. The van der Waals surface area contributed by atoms with Crippen LogP contribution in [-0.2, 0) is 28.5 Å². The molecular formula is C16H30N2O6. The SMILES string of the molecule is COCCOCCOCCOC(=O)C(C)NC(=O)C(C)N=C(C)C. The summed E-state index contributed by atoms with van der Waals surface area (Å²) >= 11 is 0. The summed E-state index contributed by atoms with van der Waals surface area (Å²) in [6.07, 6.45) is 0. The number of nitrogens with one attached hydrogen (secondary N) is 1. The largest absolute Gasteiger partial charge is 0.462 e. The molecule has 140 valence electrons. The third-order valence-corrected chi connectivity index (χ3v) is 2.82. The van der Waals surface area contributed by atoms with E-state index >= 15 is 0 Å². The molecule has 24 heavy (non-hydrogen) atoms. The van der Waals surface area contributed by atoms with E-state index in [0.717, 1.165) is 5.71 Å². The van der Waals surface area contributed by atoms with E-state index in [1.165, 1.54) is 0 Å². The first-order valence-corrected chi connectivity index (χ1v) is 8.01. The van der Waals surface area contributed by atoms with E-state index in [0.29, 0.717) is 26.4 Å². The van der Waals surface area contributed by atoms with Gasteiger partial charge in [-0.1, -0.05) is 0 Å². The molecule has 0 aromatic carbocycles. The highest BCUT2D eigenvalue weighted by molar-refractivity contribution is 5.89. The summed E-state index contributed by atoms with van der Waals surface area (Å²) in [7, 11) is 1.61. The van der Waals surface area contributed by atoms with Crippen LogP contribution in [0.3, 0.4) is 0 Å². The van der Waals surface area contributed by atoms with Gasteiger partial charge in [-0.25, -0.2) is 4.79 Å². The lowest BCUT2D eigenvalue weighted by atomic mass is 10.2. The normalized spacial score (nSPS) is 13.0. The molecule has 1 N–H and O–H groups in total. The minimum Gasteiger partial charge on any atom is -0.462 e. The van der Waals surface area contributed by atoms with Crippen molar-refractivity contribution >= 4 is 17.6 Å². The molecule has 0 aliphatic carbocycles. The van der Waals surface area contributed by atoms with Gasteiger partial charge in [0.2, 0.25) is 5.91 Å². The summed E-state index contributed by atoms with van der Waals surface area (Å²) in [6.45, 7) is 9.19. The molecule has 0 aliphatic heterocycles. The van der Waals surface area contributed by atoms with Crippen molar-refractivity contribution in [1.29, 1.82) is 0 Å². The van der Waals surface area contributed by atoms with Crippen molar-refractivity contribution in [2.45, 2.75) is 39.8 Å². The maximum absolute atomic E-state index is 11.8. The number of ether oxygens (including phenoxy) is 4. The molecule has 1 amide bonds. The molecule has 0 aromatic rings. The van der Waals surface area contributed by atoms with E-state index in [1.807, 2.05) is 13.8 Å². The number of hydrogen-bond acceptors (Lipinski definition) is 7. The number of amides is 1. The molecule has 0 rings (SSSR count). The van der Waals surface area contributed by atoms with Crippen LogP contribution < -0.4 is 5.32 Å². The van der Waals surface area contributed by atoms with Gasteiger partial charge in [0.25, 0.3) is 0 Å². The average molecular weight is 346 g/mol. The van der Waals surface area contributed by atoms with Crippen LogP contribution in [0.5, 0.6) is 0 Å². The minimum absolute atomic E-state index is 0.124. The maximum Gasteiger partial charge on any atom is 0.328 e. The van der Waals surface area contributed by atoms with Crippen molar-refractivity contribution in [1.82, 2.24) is 5.32 Å². The van der Waals surface area contributed by atoms with Gasteiger partial charge in [-0.05, 0) is 27.7 Å². The molecule has 0 bridgehead atoms. The molecule has 0 saturated carbocycles. The third-order valence-electron chi connectivity index (χ3n) is 2.82. The maximum atomic E-state index is 11.8. The highest BCUT2D eigenvalue weighted by Gasteiger charge is 2.20. The van der Waals surface area contributed by atoms with E-state index in [4.69, 9.17) is 18.9 Å². The van der Waals surface area contributed by atoms with Crippen LogP contribution in [0.25, 0.3) is 0 Å². The molecule has 8 nitrogen and oxygen atoms in total. The van der Waals surface area contributed by atoms with Gasteiger partial charge in [0.1, 0.15) is 18.7 Å². The average Bonchev–Trinajstić information content (AvgIpc) is 2.52.